The number of carboxylic acids is 1. The third-order valence-electron chi connectivity index (χ3n) is 4.90. The minimum Gasteiger partial charge on any atom is -0.475 e. The Bertz CT molecular complexity index is 760. The Balaban J connectivity index is 0.000000345. The van der Waals surface area contributed by atoms with Crippen molar-refractivity contribution in [3.63, 3.8) is 0 Å². The van der Waals surface area contributed by atoms with Gasteiger partial charge in [-0.3, -0.25) is 9.69 Å². The second-order valence-electron chi connectivity index (χ2n) is 7.13. The molecule has 1 aromatic rings. The van der Waals surface area contributed by atoms with Crippen LogP contribution in [0.3, 0.4) is 0 Å². The van der Waals surface area contributed by atoms with Crippen LogP contribution in [0, 0.1) is 11.3 Å². The van der Waals surface area contributed by atoms with Crippen molar-refractivity contribution in [3.05, 3.63) is 35.4 Å². The highest BCUT2D eigenvalue weighted by atomic mass is 19.4. The summed E-state index contributed by atoms with van der Waals surface area (Å²) < 4.78 is 31.7. The van der Waals surface area contributed by atoms with E-state index in [4.69, 9.17) is 15.2 Å². The molecule has 2 fully saturated rings. The molecule has 1 aromatic carbocycles. The van der Waals surface area contributed by atoms with E-state index in [2.05, 4.69) is 24.8 Å². The van der Waals surface area contributed by atoms with Gasteiger partial charge in [0.2, 0.25) is 0 Å². The fourth-order valence-corrected chi connectivity index (χ4v) is 3.85. The lowest BCUT2D eigenvalue weighted by atomic mass is 10.1. The van der Waals surface area contributed by atoms with Gasteiger partial charge in [0.05, 0.1) is 11.6 Å². The number of aliphatic carboxylic acids is 1. The van der Waals surface area contributed by atoms with Gasteiger partial charge in [-0.25, -0.2) is 4.79 Å². The number of benzene rings is 1. The van der Waals surface area contributed by atoms with Crippen molar-refractivity contribution in [2.24, 2.45) is 0 Å². The number of carboxylic acid groups (broad SMARTS) is 1. The van der Waals surface area contributed by atoms with Crippen molar-refractivity contribution in [3.8, 4) is 6.07 Å². The average Bonchev–Trinajstić information content (AvgIpc) is 2.91. The molecule has 0 radical (unpaired) electrons. The zero-order valence-electron chi connectivity index (χ0n) is 15.6. The number of fused-ring (bicyclic) bond motifs is 2. The van der Waals surface area contributed by atoms with E-state index in [1.807, 2.05) is 4.90 Å². The summed E-state index contributed by atoms with van der Waals surface area (Å²) in [5, 5.41) is 16.1. The highest BCUT2D eigenvalue weighted by Gasteiger charge is 2.42. The number of nitriles is 1. The molecule has 28 heavy (non-hydrogen) atoms. The predicted octanol–water partition coefficient (Wildman–Crippen LogP) is 2.89. The maximum Gasteiger partial charge on any atom is 0.490 e. The van der Waals surface area contributed by atoms with E-state index < -0.39 is 12.1 Å². The largest absolute Gasteiger partial charge is 0.490 e. The van der Waals surface area contributed by atoms with Crippen LogP contribution in [0.1, 0.15) is 42.6 Å². The molecule has 9 heteroatoms. The Hall–Kier alpha value is -2.60. The first-order chi connectivity index (χ1) is 13.0. The summed E-state index contributed by atoms with van der Waals surface area (Å²) in [4.78, 5) is 26.1. The molecule has 2 saturated heterocycles. The Kier molecular flexibility index (Phi) is 6.67. The van der Waals surface area contributed by atoms with E-state index in [0.717, 1.165) is 13.1 Å². The van der Waals surface area contributed by atoms with Gasteiger partial charge >= 0.3 is 12.1 Å². The van der Waals surface area contributed by atoms with Crippen LogP contribution in [0.25, 0.3) is 0 Å². The molecule has 1 amide bonds. The first-order valence-electron chi connectivity index (χ1n) is 8.91. The second kappa shape index (κ2) is 8.61. The van der Waals surface area contributed by atoms with Gasteiger partial charge in [-0.05, 0) is 44.9 Å². The summed E-state index contributed by atoms with van der Waals surface area (Å²) in [5.41, 5.74) is 1.18. The molecule has 2 bridgehead atoms. The number of amides is 1. The molecule has 2 heterocycles. The topological polar surface area (TPSA) is 84.6 Å². The van der Waals surface area contributed by atoms with Crippen molar-refractivity contribution in [1.82, 2.24) is 9.80 Å². The van der Waals surface area contributed by atoms with Crippen LogP contribution < -0.4 is 0 Å². The van der Waals surface area contributed by atoms with Gasteiger partial charge in [0.1, 0.15) is 0 Å². The minimum absolute atomic E-state index is 0.0624. The maximum atomic E-state index is 12.7. The third-order valence-corrected chi connectivity index (χ3v) is 4.90. The van der Waals surface area contributed by atoms with Gasteiger partial charge in [0.25, 0.3) is 5.91 Å². The first-order valence-corrected chi connectivity index (χ1v) is 8.91. The van der Waals surface area contributed by atoms with Crippen molar-refractivity contribution in [2.45, 2.75) is 51.0 Å². The SMILES string of the molecule is CC(C)N1C2CCC1CN(C(=O)c1cccc(C#N)c1)C2.O=C(O)C(F)(F)F. The molecule has 0 aromatic heterocycles. The predicted molar refractivity (Wildman–Crippen MR) is 94.5 cm³/mol. The molecule has 0 saturated carbocycles. The molecule has 2 aliphatic heterocycles. The third kappa shape index (κ3) is 5.01. The number of likely N-dealkylation sites (tertiary alicyclic amines) is 1. The van der Waals surface area contributed by atoms with E-state index in [1.165, 1.54) is 12.8 Å². The summed E-state index contributed by atoms with van der Waals surface area (Å²) in [7, 11) is 0. The van der Waals surface area contributed by atoms with E-state index in [0.29, 0.717) is 29.3 Å². The van der Waals surface area contributed by atoms with Crippen LogP contribution >= 0.6 is 0 Å². The molecule has 152 valence electrons. The van der Waals surface area contributed by atoms with Gasteiger partial charge in [0.15, 0.2) is 0 Å². The van der Waals surface area contributed by atoms with Crippen molar-refractivity contribution in [1.29, 1.82) is 5.26 Å². The maximum absolute atomic E-state index is 12.7. The number of carbonyl (C=O) groups is 2. The molecule has 6 nitrogen and oxygen atoms in total. The van der Waals surface area contributed by atoms with Crippen LogP contribution in [0.4, 0.5) is 13.2 Å². The minimum atomic E-state index is -5.08. The molecule has 1 N–H and O–H groups in total. The van der Waals surface area contributed by atoms with Gasteiger partial charge in [-0.1, -0.05) is 6.07 Å². The summed E-state index contributed by atoms with van der Waals surface area (Å²) >= 11 is 0. The quantitative estimate of drug-likeness (QED) is 0.830. The molecule has 0 spiro atoms. The number of halogens is 3. The van der Waals surface area contributed by atoms with Gasteiger partial charge in [-0.15, -0.1) is 0 Å². The van der Waals surface area contributed by atoms with E-state index in [-0.39, 0.29) is 5.91 Å². The number of hydrogen-bond acceptors (Lipinski definition) is 4. The zero-order valence-corrected chi connectivity index (χ0v) is 15.6. The van der Waals surface area contributed by atoms with Crippen LogP contribution in [0.2, 0.25) is 0 Å². The Morgan fingerprint density at radius 2 is 1.75 bits per heavy atom. The van der Waals surface area contributed by atoms with Gasteiger partial charge in [-0.2, -0.15) is 18.4 Å². The fourth-order valence-electron chi connectivity index (χ4n) is 3.85. The lowest BCUT2D eigenvalue weighted by Gasteiger charge is -2.43. The lowest BCUT2D eigenvalue weighted by Crippen LogP contribution is -2.57. The summed E-state index contributed by atoms with van der Waals surface area (Å²) in [6.07, 6.45) is -2.71. The Labute approximate surface area is 161 Å². The number of piperazine rings is 1. The highest BCUT2D eigenvalue weighted by Crippen LogP contribution is 2.32. The van der Waals surface area contributed by atoms with Gasteiger partial charge in [0, 0.05) is 36.8 Å². The zero-order chi connectivity index (χ0) is 21.1. The first kappa shape index (κ1) is 21.7. The Morgan fingerprint density at radius 3 is 2.18 bits per heavy atom. The molecule has 3 rings (SSSR count). The summed E-state index contributed by atoms with van der Waals surface area (Å²) in [6, 6.07) is 10.6. The molecular formula is C19H22F3N3O3. The number of hydrogen-bond donors (Lipinski definition) is 1. The lowest BCUT2D eigenvalue weighted by molar-refractivity contribution is -0.192. The fraction of sp³-hybridized carbons (Fsp3) is 0.526. The molecule has 2 unspecified atom stereocenters. The standard InChI is InChI=1S/C17H21N3O.C2HF3O2/c1-12(2)20-15-6-7-16(20)11-19(10-15)17(21)14-5-3-4-13(8-14)9-18;3-2(4,5)1(6)7/h3-5,8,12,15-16H,6-7,10-11H2,1-2H3;(H,6,7). The van der Waals surface area contributed by atoms with Crippen molar-refractivity contribution < 1.29 is 27.9 Å². The van der Waals surface area contributed by atoms with Crippen LogP contribution in [-0.4, -0.2) is 64.2 Å². The summed E-state index contributed by atoms with van der Waals surface area (Å²) in [5.74, 6) is -2.69. The van der Waals surface area contributed by atoms with E-state index >= 15 is 0 Å². The second-order valence-corrected chi connectivity index (χ2v) is 7.13. The average molecular weight is 397 g/mol. The van der Waals surface area contributed by atoms with Crippen molar-refractivity contribution >= 4 is 11.9 Å². The van der Waals surface area contributed by atoms with E-state index in [1.54, 1.807) is 24.3 Å². The number of carbonyl (C=O) groups excluding carboxylic acids is 1. The highest BCUT2D eigenvalue weighted by molar-refractivity contribution is 5.94. The van der Waals surface area contributed by atoms with Gasteiger partial charge < -0.3 is 10.0 Å². The van der Waals surface area contributed by atoms with Crippen LogP contribution in [0.5, 0.6) is 0 Å². The normalized spacial score (nSPS) is 21.7. The molecule has 2 aliphatic rings. The number of rotatable bonds is 2. The molecule has 2 atom stereocenters. The molecular weight excluding hydrogens is 375 g/mol. The Morgan fingerprint density at radius 1 is 1.21 bits per heavy atom. The van der Waals surface area contributed by atoms with Crippen LogP contribution in [0.15, 0.2) is 24.3 Å². The number of alkyl halides is 3. The number of nitrogens with zero attached hydrogens (tertiary/aromatic N) is 3. The molecule has 0 aliphatic carbocycles. The van der Waals surface area contributed by atoms with Crippen LogP contribution in [-0.2, 0) is 4.79 Å². The van der Waals surface area contributed by atoms with E-state index in [9.17, 15) is 18.0 Å². The van der Waals surface area contributed by atoms with Crippen molar-refractivity contribution in [2.75, 3.05) is 13.1 Å². The summed E-state index contributed by atoms with van der Waals surface area (Å²) in [6.45, 7) is 6.09. The smallest absolute Gasteiger partial charge is 0.475 e. The monoisotopic (exact) mass is 397 g/mol.